The molecule has 2 amide bonds. The fraction of sp³-hybridized carbons (Fsp3) is 0.286. The monoisotopic (exact) mass is 667 g/mol. The zero-order chi connectivity index (χ0) is 28.1. The van der Waals surface area contributed by atoms with Crippen LogP contribution in [0, 0.1) is 3.57 Å². The molecule has 1 N–H and O–H groups in total. The molecule has 3 aromatic rings. The number of amides is 2. The number of hydrogen-bond donors (Lipinski definition) is 1. The topological polar surface area (TPSA) is 86.8 Å². The summed E-state index contributed by atoms with van der Waals surface area (Å²) >= 11 is 8.17. The summed E-state index contributed by atoms with van der Waals surface area (Å²) in [6, 6.07) is 20.9. The van der Waals surface area contributed by atoms with E-state index >= 15 is 0 Å². The minimum absolute atomic E-state index is 0.0640. The number of nitrogens with zero attached hydrogens (tertiary/aromatic N) is 2. The zero-order valence-electron chi connectivity index (χ0n) is 21.7. The quantitative estimate of drug-likeness (QED) is 0.307. The first kappa shape index (κ1) is 29.9. The van der Waals surface area contributed by atoms with Gasteiger partial charge < -0.3 is 10.2 Å². The molecule has 0 aromatic heterocycles. The summed E-state index contributed by atoms with van der Waals surface area (Å²) in [6.07, 6.45) is 0. The van der Waals surface area contributed by atoms with Crippen LogP contribution in [0.1, 0.15) is 33.3 Å². The summed E-state index contributed by atoms with van der Waals surface area (Å²) in [6.45, 7) is 6.81. The third-order valence-corrected chi connectivity index (χ3v) is 8.42. The number of hydrogen-bond acceptors (Lipinski definition) is 4. The van der Waals surface area contributed by atoms with Crippen molar-refractivity contribution in [3.8, 4) is 0 Å². The van der Waals surface area contributed by atoms with Crippen molar-refractivity contribution >= 4 is 61.7 Å². The molecular weight excluding hydrogens is 637 g/mol. The van der Waals surface area contributed by atoms with E-state index in [0.717, 1.165) is 13.4 Å². The fourth-order valence-corrected chi connectivity index (χ4v) is 5.62. The summed E-state index contributed by atoms with van der Waals surface area (Å²) in [4.78, 5) is 28.4. The number of nitrogens with one attached hydrogen (secondary N) is 1. The molecule has 38 heavy (non-hydrogen) atoms. The van der Waals surface area contributed by atoms with Crippen molar-refractivity contribution in [1.82, 2.24) is 10.2 Å². The molecule has 0 aliphatic rings. The van der Waals surface area contributed by atoms with Gasteiger partial charge in [-0.1, -0.05) is 41.9 Å². The van der Waals surface area contributed by atoms with Crippen molar-refractivity contribution < 1.29 is 18.0 Å². The maximum absolute atomic E-state index is 13.9. The summed E-state index contributed by atoms with van der Waals surface area (Å²) in [5, 5.41) is 3.46. The highest BCUT2D eigenvalue weighted by Crippen LogP contribution is 2.25. The number of benzene rings is 3. The maximum atomic E-state index is 13.9. The molecule has 0 saturated carbocycles. The zero-order valence-corrected chi connectivity index (χ0v) is 25.4. The molecule has 1 atom stereocenters. The average molecular weight is 668 g/mol. The Balaban J connectivity index is 2.01. The van der Waals surface area contributed by atoms with Crippen LogP contribution in [0.25, 0.3) is 0 Å². The van der Waals surface area contributed by atoms with Crippen LogP contribution >= 0.6 is 34.2 Å². The van der Waals surface area contributed by atoms with Crippen LogP contribution in [-0.2, 0) is 26.2 Å². The van der Waals surface area contributed by atoms with Crippen LogP contribution in [0.3, 0.4) is 0 Å². The lowest BCUT2D eigenvalue weighted by atomic mass is 10.1. The van der Waals surface area contributed by atoms with Gasteiger partial charge in [-0.3, -0.25) is 13.9 Å². The van der Waals surface area contributed by atoms with Crippen LogP contribution in [0.15, 0.2) is 83.8 Å². The first-order valence-electron chi connectivity index (χ1n) is 12.0. The Hall–Kier alpha value is -2.63. The van der Waals surface area contributed by atoms with Crippen molar-refractivity contribution in [2.45, 2.75) is 50.7 Å². The van der Waals surface area contributed by atoms with Gasteiger partial charge in [-0.2, -0.15) is 0 Å². The molecule has 0 aliphatic carbocycles. The molecule has 0 spiro atoms. The molecule has 202 valence electrons. The van der Waals surface area contributed by atoms with E-state index < -0.39 is 34.1 Å². The Bertz CT molecular complexity index is 1360. The summed E-state index contributed by atoms with van der Waals surface area (Å²) < 4.78 is 29.5. The largest absolute Gasteiger partial charge is 0.350 e. The summed E-state index contributed by atoms with van der Waals surface area (Å²) in [7, 11) is -4.08. The fourth-order valence-electron chi connectivity index (χ4n) is 3.70. The third kappa shape index (κ3) is 7.94. The Morgan fingerprint density at radius 3 is 2.08 bits per heavy atom. The highest BCUT2D eigenvalue weighted by atomic mass is 127. The van der Waals surface area contributed by atoms with Gasteiger partial charge in [0.2, 0.25) is 11.8 Å². The van der Waals surface area contributed by atoms with Crippen molar-refractivity contribution in [2.24, 2.45) is 0 Å². The molecule has 7 nitrogen and oxygen atoms in total. The lowest BCUT2D eigenvalue weighted by Crippen LogP contribution is -2.54. The predicted octanol–water partition coefficient (Wildman–Crippen LogP) is 5.47. The van der Waals surface area contributed by atoms with Crippen LogP contribution < -0.4 is 9.62 Å². The normalized spacial score (nSPS) is 12.5. The van der Waals surface area contributed by atoms with E-state index in [-0.39, 0.29) is 17.3 Å². The minimum atomic E-state index is -4.08. The second-order valence-electron chi connectivity index (χ2n) is 9.86. The van der Waals surface area contributed by atoms with E-state index in [9.17, 15) is 18.0 Å². The predicted molar refractivity (Wildman–Crippen MR) is 159 cm³/mol. The second-order valence-corrected chi connectivity index (χ2v) is 13.4. The average Bonchev–Trinajstić information content (AvgIpc) is 2.86. The van der Waals surface area contributed by atoms with E-state index in [1.165, 1.54) is 17.0 Å². The molecule has 0 heterocycles. The smallest absolute Gasteiger partial charge is 0.264 e. The molecule has 0 radical (unpaired) electrons. The number of sulfonamides is 1. The van der Waals surface area contributed by atoms with Gasteiger partial charge >= 0.3 is 0 Å². The van der Waals surface area contributed by atoms with Gasteiger partial charge in [0, 0.05) is 20.7 Å². The number of anilines is 1. The molecule has 0 bridgehead atoms. The molecule has 0 saturated heterocycles. The van der Waals surface area contributed by atoms with Crippen LogP contribution in [-0.4, -0.2) is 43.3 Å². The number of rotatable bonds is 9. The highest BCUT2D eigenvalue weighted by Gasteiger charge is 2.33. The van der Waals surface area contributed by atoms with Gasteiger partial charge in [-0.25, -0.2) is 8.42 Å². The van der Waals surface area contributed by atoms with Crippen LogP contribution in [0.4, 0.5) is 5.69 Å². The molecular formula is C28H31ClIN3O4S. The van der Waals surface area contributed by atoms with Gasteiger partial charge in [0.05, 0.1) is 10.6 Å². The molecule has 3 rings (SSSR count). The highest BCUT2D eigenvalue weighted by molar-refractivity contribution is 14.1. The van der Waals surface area contributed by atoms with Crippen LogP contribution in [0.5, 0.6) is 0 Å². The maximum Gasteiger partial charge on any atom is 0.264 e. The van der Waals surface area contributed by atoms with E-state index in [4.69, 9.17) is 11.6 Å². The van der Waals surface area contributed by atoms with Crippen LogP contribution in [0.2, 0.25) is 5.02 Å². The molecule has 3 aromatic carbocycles. The Morgan fingerprint density at radius 2 is 1.53 bits per heavy atom. The van der Waals surface area contributed by atoms with Crippen molar-refractivity contribution in [2.75, 3.05) is 10.8 Å². The van der Waals surface area contributed by atoms with Gasteiger partial charge in [-0.05, 0) is 104 Å². The minimum Gasteiger partial charge on any atom is -0.350 e. The van der Waals surface area contributed by atoms with Crippen molar-refractivity contribution in [1.29, 1.82) is 0 Å². The lowest BCUT2D eigenvalue weighted by Gasteiger charge is -2.33. The number of carbonyl (C=O) groups is 2. The number of halogens is 2. The second kappa shape index (κ2) is 12.5. The molecule has 0 fully saturated rings. The van der Waals surface area contributed by atoms with E-state index in [2.05, 4.69) is 27.9 Å². The van der Waals surface area contributed by atoms with Crippen molar-refractivity contribution in [3.05, 3.63) is 93.0 Å². The molecule has 0 unspecified atom stereocenters. The van der Waals surface area contributed by atoms with E-state index in [0.29, 0.717) is 10.7 Å². The molecule has 0 aliphatic heterocycles. The van der Waals surface area contributed by atoms with Gasteiger partial charge in [0.1, 0.15) is 12.6 Å². The third-order valence-electron chi connectivity index (χ3n) is 5.66. The Morgan fingerprint density at radius 1 is 0.947 bits per heavy atom. The lowest BCUT2D eigenvalue weighted by molar-refractivity contribution is -0.140. The Labute approximate surface area is 243 Å². The van der Waals surface area contributed by atoms with Gasteiger partial charge in [0.15, 0.2) is 0 Å². The Kier molecular flexibility index (Phi) is 9.83. The SMILES string of the molecule is C[C@@H](C(=O)NC(C)(C)C)N(Cc1ccc(Cl)cc1)C(=O)CN(c1ccc(I)cc1)S(=O)(=O)c1ccccc1. The van der Waals surface area contributed by atoms with E-state index in [1.54, 1.807) is 73.7 Å². The van der Waals surface area contributed by atoms with E-state index in [1.807, 2.05) is 20.8 Å². The first-order valence-corrected chi connectivity index (χ1v) is 14.9. The molecule has 10 heteroatoms. The van der Waals surface area contributed by atoms with Gasteiger partial charge in [-0.15, -0.1) is 0 Å². The number of carbonyl (C=O) groups excluding carboxylic acids is 2. The summed E-state index contributed by atoms with van der Waals surface area (Å²) in [5.41, 5.74) is 0.593. The standard InChI is InChI=1S/C28H31ClIN3O4S/c1-20(27(35)31-28(2,3)4)32(18-21-10-12-22(29)13-11-21)26(34)19-33(24-16-14-23(30)15-17-24)38(36,37)25-8-6-5-7-9-25/h5-17,20H,18-19H2,1-4H3,(H,31,35)/t20-/m0/s1. The van der Waals surface area contributed by atoms with Crippen molar-refractivity contribution in [3.63, 3.8) is 0 Å². The summed E-state index contributed by atoms with van der Waals surface area (Å²) in [5.74, 6) is -0.860. The first-order chi connectivity index (χ1) is 17.8. The van der Waals surface area contributed by atoms with Gasteiger partial charge in [0.25, 0.3) is 10.0 Å².